The molecule has 0 aromatic heterocycles. The number of aliphatic hydroxyl groups is 1. The Balaban J connectivity index is 3.11. The third-order valence-electron chi connectivity index (χ3n) is 1.30. The van der Waals surface area contributed by atoms with Gasteiger partial charge in [0.1, 0.15) is 6.29 Å². The van der Waals surface area contributed by atoms with Crippen LogP contribution >= 0.6 is 0 Å². The van der Waals surface area contributed by atoms with Crippen LogP contribution in [0.15, 0.2) is 12.7 Å². The highest BCUT2D eigenvalue weighted by Gasteiger charge is 1.99. The summed E-state index contributed by atoms with van der Waals surface area (Å²) < 4.78 is 0. The van der Waals surface area contributed by atoms with Gasteiger partial charge in [-0.25, -0.2) is 0 Å². The van der Waals surface area contributed by atoms with Gasteiger partial charge in [-0.3, -0.25) is 0 Å². The summed E-state index contributed by atoms with van der Waals surface area (Å²) in [6.07, 6.45) is 4.90. The Hall–Kier alpha value is -0.630. The second kappa shape index (κ2) is 6.49. The van der Waals surface area contributed by atoms with E-state index in [0.717, 1.165) is 12.7 Å². The van der Waals surface area contributed by atoms with E-state index in [1.54, 1.807) is 6.08 Å². The van der Waals surface area contributed by atoms with Crippen LogP contribution in [-0.4, -0.2) is 17.5 Å². The summed E-state index contributed by atoms with van der Waals surface area (Å²) >= 11 is 0. The lowest BCUT2D eigenvalue weighted by molar-refractivity contribution is -0.108. The maximum absolute atomic E-state index is 9.84. The van der Waals surface area contributed by atoms with E-state index in [2.05, 4.69) is 6.58 Å². The van der Waals surface area contributed by atoms with Crippen LogP contribution in [-0.2, 0) is 4.79 Å². The average molecular weight is 142 g/mol. The molecule has 0 aliphatic heterocycles. The summed E-state index contributed by atoms with van der Waals surface area (Å²) in [6.45, 7) is 3.50. The van der Waals surface area contributed by atoms with Gasteiger partial charge in [-0.05, 0) is 19.3 Å². The van der Waals surface area contributed by atoms with E-state index in [9.17, 15) is 4.79 Å². The second-order valence-corrected chi connectivity index (χ2v) is 2.28. The first kappa shape index (κ1) is 9.37. The van der Waals surface area contributed by atoms with Crippen LogP contribution in [0.4, 0.5) is 0 Å². The fourth-order valence-electron chi connectivity index (χ4n) is 0.747. The van der Waals surface area contributed by atoms with Gasteiger partial charge in [0, 0.05) is 6.42 Å². The van der Waals surface area contributed by atoms with Gasteiger partial charge >= 0.3 is 0 Å². The number of unbranched alkanes of at least 4 members (excludes halogenated alkanes) is 1. The Morgan fingerprint density at radius 2 is 2.30 bits per heavy atom. The Morgan fingerprint density at radius 3 is 2.80 bits per heavy atom. The molecule has 0 amide bonds. The van der Waals surface area contributed by atoms with Crippen LogP contribution in [0.25, 0.3) is 0 Å². The highest BCUT2D eigenvalue weighted by Crippen LogP contribution is 2.02. The summed E-state index contributed by atoms with van der Waals surface area (Å²) in [5, 5.41) is 9.09. The molecular formula is C8H14O2. The van der Waals surface area contributed by atoms with E-state index in [4.69, 9.17) is 5.11 Å². The highest BCUT2D eigenvalue weighted by molar-refractivity contribution is 5.48. The molecule has 1 atom stereocenters. The third-order valence-corrected chi connectivity index (χ3v) is 1.30. The zero-order valence-corrected chi connectivity index (χ0v) is 6.12. The lowest BCUT2D eigenvalue weighted by atomic mass is 10.1. The van der Waals surface area contributed by atoms with Gasteiger partial charge in [-0.2, -0.15) is 0 Å². The van der Waals surface area contributed by atoms with Crippen molar-refractivity contribution in [3.63, 3.8) is 0 Å². The van der Waals surface area contributed by atoms with Crippen LogP contribution in [0.2, 0.25) is 0 Å². The molecule has 0 saturated carbocycles. The Morgan fingerprint density at radius 1 is 1.60 bits per heavy atom. The summed E-state index contributed by atoms with van der Waals surface area (Å²) in [5.41, 5.74) is 0. The van der Waals surface area contributed by atoms with E-state index in [1.165, 1.54) is 0 Å². The number of hydrogen-bond donors (Lipinski definition) is 1. The molecule has 0 bridgehead atoms. The maximum Gasteiger partial charge on any atom is 0.119 e. The van der Waals surface area contributed by atoms with E-state index >= 15 is 0 Å². The second-order valence-electron chi connectivity index (χ2n) is 2.28. The number of aliphatic hydroxyl groups excluding tert-OH is 1. The van der Waals surface area contributed by atoms with Crippen molar-refractivity contribution in [2.24, 2.45) is 0 Å². The van der Waals surface area contributed by atoms with E-state index in [-0.39, 0.29) is 6.10 Å². The van der Waals surface area contributed by atoms with Crippen molar-refractivity contribution in [3.8, 4) is 0 Å². The zero-order chi connectivity index (χ0) is 7.82. The molecule has 2 heteroatoms. The molecule has 0 fully saturated rings. The monoisotopic (exact) mass is 142 g/mol. The first-order valence-electron chi connectivity index (χ1n) is 3.54. The molecule has 0 aromatic carbocycles. The number of hydrogen-bond acceptors (Lipinski definition) is 2. The van der Waals surface area contributed by atoms with Gasteiger partial charge in [0.2, 0.25) is 0 Å². The minimum atomic E-state index is -0.308. The van der Waals surface area contributed by atoms with Crippen molar-refractivity contribution >= 4 is 6.29 Å². The zero-order valence-electron chi connectivity index (χ0n) is 6.12. The van der Waals surface area contributed by atoms with Crippen molar-refractivity contribution in [2.45, 2.75) is 31.8 Å². The van der Waals surface area contributed by atoms with Gasteiger partial charge in [0.05, 0.1) is 6.10 Å². The Kier molecular flexibility index (Phi) is 6.08. The lowest BCUT2D eigenvalue weighted by Gasteiger charge is -2.04. The lowest BCUT2D eigenvalue weighted by Crippen LogP contribution is -2.03. The Labute approximate surface area is 61.6 Å². The largest absolute Gasteiger partial charge is 0.393 e. The number of carbonyl (C=O) groups is 1. The van der Waals surface area contributed by atoms with Crippen LogP contribution in [0.5, 0.6) is 0 Å². The number of carbonyl (C=O) groups excluding carboxylic acids is 1. The number of rotatable bonds is 6. The Bertz CT molecular complexity index is 99.4. The van der Waals surface area contributed by atoms with Crippen molar-refractivity contribution in [3.05, 3.63) is 12.7 Å². The smallest absolute Gasteiger partial charge is 0.119 e. The SMILES string of the molecule is C=CCC(O)CCCC=O. The van der Waals surface area contributed by atoms with Crippen LogP contribution in [0.1, 0.15) is 25.7 Å². The van der Waals surface area contributed by atoms with Crippen LogP contribution in [0.3, 0.4) is 0 Å². The molecule has 0 aliphatic carbocycles. The van der Waals surface area contributed by atoms with E-state index < -0.39 is 0 Å². The molecule has 0 spiro atoms. The minimum Gasteiger partial charge on any atom is -0.393 e. The highest BCUT2D eigenvalue weighted by atomic mass is 16.3. The molecular weight excluding hydrogens is 128 g/mol. The molecule has 0 saturated heterocycles. The predicted octanol–water partition coefficient (Wildman–Crippen LogP) is 1.29. The topological polar surface area (TPSA) is 37.3 Å². The fraction of sp³-hybridized carbons (Fsp3) is 0.625. The van der Waals surface area contributed by atoms with Crippen molar-refractivity contribution < 1.29 is 9.90 Å². The molecule has 0 rings (SSSR count). The third kappa shape index (κ3) is 5.51. The fourth-order valence-corrected chi connectivity index (χ4v) is 0.747. The van der Waals surface area contributed by atoms with Crippen molar-refractivity contribution in [1.29, 1.82) is 0 Å². The van der Waals surface area contributed by atoms with Gasteiger partial charge in [0.25, 0.3) is 0 Å². The molecule has 1 N–H and O–H groups in total. The van der Waals surface area contributed by atoms with Crippen molar-refractivity contribution in [2.75, 3.05) is 0 Å². The van der Waals surface area contributed by atoms with Crippen LogP contribution in [0, 0.1) is 0 Å². The normalized spacial score (nSPS) is 12.5. The summed E-state index contributed by atoms with van der Waals surface area (Å²) in [6, 6.07) is 0. The predicted molar refractivity (Wildman–Crippen MR) is 40.7 cm³/mol. The molecule has 0 aliphatic rings. The van der Waals surface area contributed by atoms with E-state index in [1.807, 2.05) is 0 Å². The van der Waals surface area contributed by atoms with E-state index in [0.29, 0.717) is 19.3 Å². The van der Waals surface area contributed by atoms with Gasteiger partial charge in [0.15, 0.2) is 0 Å². The molecule has 0 aromatic rings. The van der Waals surface area contributed by atoms with Gasteiger partial charge in [-0.1, -0.05) is 6.08 Å². The molecule has 10 heavy (non-hydrogen) atoms. The number of aldehydes is 1. The molecule has 0 radical (unpaired) electrons. The molecule has 58 valence electrons. The van der Waals surface area contributed by atoms with Gasteiger partial charge in [-0.15, -0.1) is 6.58 Å². The maximum atomic E-state index is 9.84. The molecule has 2 nitrogen and oxygen atoms in total. The first-order chi connectivity index (χ1) is 4.81. The van der Waals surface area contributed by atoms with Crippen LogP contribution < -0.4 is 0 Å². The average Bonchev–Trinajstić information content (AvgIpc) is 1.89. The summed E-state index contributed by atoms with van der Waals surface area (Å²) in [7, 11) is 0. The minimum absolute atomic E-state index is 0.308. The first-order valence-corrected chi connectivity index (χ1v) is 3.54. The van der Waals surface area contributed by atoms with Gasteiger partial charge < -0.3 is 9.90 Å². The molecule has 0 heterocycles. The summed E-state index contributed by atoms with van der Waals surface area (Å²) in [4.78, 5) is 9.84. The summed E-state index contributed by atoms with van der Waals surface area (Å²) in [5.74, 6) is 0. The van der Waals surface area contributed by atoms with Crippen molar-refractivity contribution in [1.82, 2.24) is 0 Å². The standard InChI is InChI=1S/C8H14O2/c1-2-5-8(10)6-3-4-7-9/h2,7-8,10H,1,3-6H2. The molecule has 1 unspecified atom stereocenters. The quantitative estimate of drug-likeness (QED) is 0.345.